The Balaban J connectivity index is 2.15. The minimum Gasteiger partial charge on any atom is -0.460 e. The van der Waals surface area contributed by atoms with Gasteiger partial charge in [-0.3, -0.25) is 9.36 Å². The predicted octanol–water partition coefficient (Wildman–Crippen LogP) is 0.131. The summed E-state index contributed by atoms with van der Waals surface area (Å²) in [6, 6.07) is 0.182. The first-order valence-corrected chi connectivity index (χ1v) is 5.65. The standard InChI is InChI=1S/C10H13N5O4/c1-6-3-15-8(5-18-10(15)13-9(6)17)19-7(4-16)2-12-14-11/h3,7-8,16H,2,4-5H2,1H3/t7-,8+/m0/s1. The number of hydrogen-bond donors (Lipinski definition) is 1. The summed E-state index contributed by atoms with van der Waals surface area (Å²) in [6.45, 7) is 1.56. The maximum atomic E-state index is 11.4. The molecule has 0 spiro atoms. The van der Waals surface area contributed by atoms with Gasteiger partial charge in [-0.2, -0.15) is 4.98 Å². The monoisotopic (exact) mass is 267 g/mol. The molecule has 0 saturated carbocycles. The van der Waals surface area contributed by atoms with Gasteiger partial charge in [-0.25, -0.2) is 0 Å². The van der Waals surface area contributed by atoms with Crippen molar-refractivity contribution in [2.45, 2.75) is 19.3 Å². The number of aromatic nitrogens is 2. The summed E-state index contributed by atoms with van der Waals surface area (Å²) in [5.41, 5.74) is 8.37. The average molecular weight is 267 g/mol. The quantitative estimate of drug-likeness (QED) is 0.461. The maximum Gasteiger partial charge on any atom is 0.302 e. The lowest BCUT2D eigenvalue weighted by Gasteiger charge is -2.19. The molecule has 0 unspecified atom stereocenters. The number of fused-ring (bicyclic) bond motifs is 1. The molecule has 9 nitrogen and oxygen atoms in total. The number of rotatable bonds is 5. The third-order valence-corrected chi connectivity index (χ3v) is 2.66. The molecule has 2 heterocycles. The highest BCUT2D eigenvalue weighted by Crippen LogP contribution is 2.24. The van der Waals surface area contributed by atoms with Crippen LogP contribution in [0.4, 0.5) is 0 Å². The molecule has 19 heavy (non-hydrogen) atoms. The molecule has 0 fully saturated rings. The number of azide groups is 1. The summed E-state index contributed by atoms with van der Waals surface area (Å²) in [5, 5.41) is 12.5. The molecule has 2 rings (SSSR count). The minimum atomic E-state index is -0.629. The smallest absolute Gasteiger partial charge is 0.302 e. The van der Waals surface area contributed by atoms with Crippen LogP contribution >= 0.6 is 0 Å². The third-order valence-electron chi connectivity index (χ3n) is 2.66. The highest BCUT2D eigenvalue weighted by molar-refractivity contribution is 5.11. The van der Waals surface area contributed by atoms with Crippen LogP contribution in [0.2, 0.25) is 0 Å². The van der Waals surface area contributed by atoms with Crippen molar-refractivity contribution in [1.82, 2.24) is 9.55 Å². The molecule has 9 heteroatoms. The molecule has 1 aromatic rings. The van der Waals surface area contributed by atoms with E-state index in [1.807, 2.05) is 0 Å². The van der Waals surface area contributed by atoms with Crippen LogP contribution in [0.5, 0.6) is 6.01 Å². The molecular formula is C10H13N5O4. The molecule has 0 aliphatic carbocycles. The van der Waals surface area contributed by atoms with Crippen LogP contribution in [-0.4, -0.2) is 40.5 Å². The lowest BCUT2D eigenvalue weighted by molar-refractivity contribution is -0.0687. The number of aryl methyl sites for hydroxylation is 1. The Morgan fingerprint density at radius 1 is 1.84 bits per heavy atom. The van der Waals surface area contributed by atoms with E-state index in [1.54, 1.807) is 17.7 Å². The Labute approximate surface area is 108 Å². The van der Waals surface area contributed by atoms with Crippen LogP contribution in [0, 0.1) is 6.92 Å². The maximum absolute atomic E-state index is 11.4. The lowest BCUT2D eigenvalue weighted by atomic mass is 10.3. The fraction of sp³-hybridized carbons (Fsp3) is 0.600. The molecule has 0 bridgehead atoms. The van der Waals surface area contributed by atoms with E-state index < -0.39 is 12.3 Å². The topological polar surface area (TPSA) is 122 Å². The van der Waals surface area contributed by atoms with E-state index in [0.717, 1.165) is 0 Å². The minimum absolute atomic E-state index is 0.0193. The Bertz CT molecular complexity index is 566. The van der Waals surface area contributed by atoms with Crippen molar-refractivity contribution in [2.24, 2.45) is 5.11 Å². The zero-order chi connectivity index (χ0) is 13.8. The van der Waals surface area contributed by atoms with Crippen molar-refractivity contribution < 1.29 is 14.6 Å². The van der Waals surface area contributed by atoms with E-state index in [9.17, 15) is 4.79 Å². The zero-order valence-corrected chi connectivity index (χ0v) is 10.3. The van der Waals surface area contributed by atoms with Crippen LogP contribution in [0.15, 0.2) is 16.1 Å². The summed E-state index contributed by atoms with van der Waals surface area (Å²) in [6.07, 6.45) is 0.452. The Morgan fingerprint density at radius 2 is 2.63 bits per heavy atom. The second-order valence-corrected chi connectivity index (χ2v) is 4.04. The fourth-order valence-electron chi connectivity index (χ4n) is 1.69. The first kappa shape index (κ1) is 13.3. The zero-order valence-electron chi connectivity index (χ0n) is 10.3. The van der Waals surface area contributed by atoms with Crippen LogP contribution in [0.25, 0.3) is 10.4 Å². The third kappa shape index (κ3) is 2.84. The van der Waals surface area contributed by atoms with Gasteiger partial charge < -0.3 is 14.6 Å². The number of nitrogens with zero attached hydrogens (tertiary/aromatic N) is 5. The number of aliphatic hydroxyl groups is 1. The summed E-state index contributed by atoms with van der Waals surface area (Å²) in [7, 11) is 0. The van der Waals surface area contributed by atoms with Crippen molar-refractivity contribution in [3.05, 3.63) is 32.6 Å². The summed E-state index contributed by atoms with van der Waals surface area (Å²) >= 11 is 0. The van der Waals surface area contributed by atoms with E-state index in [2.05, 4.69) is 15.0 Å². The molecule has 0 amide bonds. The molecule has 0 radical (unpaired) electrons. The van der Waals surface area contributed by atoms with E-state index in [-0.39, 0.29) is 31.3 Å². The number of ether oxygens (including phenoxy) is 2. The number of aliphatic hydroxyl groups excluding tert-OH is 1. The molecule has 0 saturated heterocycles. The van der Waals surface area contributed by atoms with Gasteiger partial charge in [0.1, 0.15) is 6.61 Å². The molecule has 1 aliphatic rings. The van der Waals surface area contributed by atoms with Crippen molar-refractivity contribution in [1.29, 1.82) is 0 Å². The van der Waals surface area contributed by atoms with Crippen LogP contribution in [0.1, 0.15) is 11.8 Å². The van der Waals surface area contributed by atoms with E-state index in [4.69, 9.17) is 20.1 Å². The lowest BCUT2D eigenvalue weighted by Crippen LogP contribution is -2.27. The van der Waals surface area contributed by atoms with Gasteiger partial charge in [0.05, 0.1) is 19.3 Å². The van der Waals surface area contributed by atoms with Crippen LogP contribution in [0.3, 0.4) is 0 Å². The summed E-state index contributed by atoms with van der Waals surface area (Å²) in [5.74, 6) is 0. The molecule has 1 N–H and O–H groups in total. The van der Waals surface area contributed by atoms with E-state index in [1.165, 1.54) is 0 Å². The molecule has 0 aromatic carbocycles. The van der Waals surface area contributed by atoms with Crippen LogP contribution < -0.4 is 10.3 Å². The largest absolute Gasteiger partial charge is 0.460 e. The molecule has 102 valence electrons. The highest BCUT2D eigenvalue weighted by Gasteiger charge is 2.27. The first-order valence-electron chi connectivity index (χ1n) is 5.65. The van der Waals surface area contributed by atoms with E-state index in [0.29, 0.717) is 5.56 Å². The van der Waals surface area contributed by atoms with Gasteiger partial charge >= 0.3 is 6.01 Å². The van der Waals surface area contributed by atoms with Gasteiger partial charge in [0.15, 0.2) is 6.23 Å². The van der Waals surface area contributed by atoms with Crippen molar-refractivity contribution in [3.8, 4) is 6.01 Å². The van der Waals surface area contributed by atoms with Gasteiger partial charge in [-0.05, 0) is 12.5 Å². The fourth-order valence-corrected chi connectivity index (χ4v) is 1.69. The van der Waals surface area contributed by atoms with Gasteiger partial charge in [-0.15, -0.1) is 0 Å². The van der Waals surface area contributed by atoms with Gasteiger partial charge in [-0.1, -0.05) is 5.11 Å². The average Bonchev–Trinajstić information content (AvgIpc) is 2.77. The molecule has 1 aromatic heterocycles. The SMILES string of the molecule is Cc1cn2c(nc1=O)OC[C@H]2O[C@H](CO)CN=[N+]=[N-]. The van der Waals surface area contributed by atoms with Gasteiger partial charge in [0, 0.05) is 16.7 Å². The van der Waals surface area contributed by atoms with Crippen LogP contribution in [-0.2, 0) is 4.74 Å². The second kappa shape index (κ2) is 5.70. The second-order valence-electron chi connectivity index (χ2n) is 4.04. The predicted molar refractivity (Wildman–Crippen MR) is 63.7 cm³/mol. The first-order chi connectivity index (χ1) is 9.15. The Kier molecular flexibility index (Phi) is 4.00. The normalized spacial score (nSPS) is 18.3. The molecular weight excluding hydrogens is 254 g/mol. The summed E-state index contributed by atoms with van der Waals surface area (Å²) in [4.78, 5) is 17.7. The van der Waals surface area contributed by atoms with Crippen molar-refractivity contribution >= 4 is 0 Å². The highest BCUT2D eigenvalue weighted by atomic mass is 16.6. The van der Waals surface area contributed by atoms with Crippen molar-refractivity contribution in [3.63, 3.8) is 0 Å². The molecule has 2 atom stereocenters. The molecule has 1 aliphatic heterocycles. The summed E-state index contributed by atoms with van der Waals surface area (Å²) < 4.78 is 12.4. The van der Waals surface area contributed by atoms with Gasteiger partial charge in [0.25, 0.3) is 5.56 Å². The Morgan fingerprint density at radius 3 is 3.32 bits per heavy atom. The van der Waals surface area contributed by atoms with Gasteiger partial charge in [0.2, 0.25) is 0 Å². The van der Waals surface area contributed by atoms with E-state index >= 15 is 0 Å². The number of hydrogen-bond acceptors (Lipinski definition) is 6. The van der Waals surface area contributed by atoms with Crippen molar-refractivity contribution in [2.75, 3.05) is 19.8 Å². The Hall–Kier alpha value is -2.09.